The highest BCUT2D eigenvalue weighted by Gasteiger charge is 2.53. The molecule has 6 unspecified atom stereocenters. The molecule has 3 aliphatic rings. The van der Waals surface area contributed by atoms with Crippen molar-refractivity contribution in [1.29, 1.82) is 0 Å². The van der Waals surface area contributed by atoms with Gasteiger partial charge in [-0.15, -0.1) is 0 Å². The van der Waals surface area contributed by atoms with Crippen molar-refractivity contribution in [3.8, 4) is 0 Å². The Labute approximate surface area is 324 Å². The van der Waals surface area contributed by atoms with Crippen LogP contribution in [-0.2, 0) is 19.6 Å². The minimum atomic E-state index is 0.369. The van der Waals surface area contributed by atoms with E-state index in [0.29, 0.717) is 30.5 Å². The Balaban J connectivity index is 1.94. The number of hydrogen-bond donors (Lipinski definition) is 0. The van der Waals surface area contributed by atoms with E-state index in [1.807, 2.05) is 0 Å². The molecule has 0 aromatic heterocycles. The predicted octanol–water partition coefficient (Wildman–Crippen LogP) is 11.8. The number of unbranched alkanes of at least 4 members (excludes halogenated alkanes) is 6. The van der Waals surface area contributed by atoms with Crippen LogP contribution in [0.25, 0.3) is 0 Å². The Hall–Kier alpha value is -0.240. The van der Waals surface area contributed by atoms with E-state index in [9.17, 15) is 0 Å². The van der Waals surface area contributed by atoms with E-state index in [0.717, 1.165) is 58.9 Å². The summed E-state index contributed by atoms with van der Waals surface area (Å²) < 4.78 is 1.81. The van der Waals surface area contributed by atoms with Gasteiger partial charge < -0.3 is 8.97 Å². The molecule has 6 heteroatoms. The molecule has 7 atom stereocenters. The lowest BCUT2D eigenvalue weighted by molar-refractivity contribution is -0.871. The van der Waals surface area contributed by atoms with Crippen molar-refractivity contribution < 1.29 is 28.5 Å². The van der Waals surface area contributed by atoms with Gasteiger partial charge >= 0.3 is 0 Å². The van der Waals surface area contributed by atoms with E-state index in [1.54, 1.807) is 0 Å². The highest BCUT2D eigenvalue weighted by molar-refractivity contribution is 5.02. The lowest BCUT2D eigenvalue weighted by Crippen LogP contribution is -2.50. The Kier molecular flexibility index (Phi) is 22.3. The Morgan fingerprint density at radius 3 is 1.67 bits per heavy atom. The first kappa shape index (κ1) is 46.1. The smallest absolute Gasteiger partial charge is 0.131 e. The van der Waals surface area contributed by atoms with E-state index in [4.69, 9.17) is 19.6 Å². The molecule has 3 saturated carbocycles. The minimum Gasteiger partial charge on any atom is -0.329 e. The zero-order valence-corrected chi connectivity index (χ0v) is 36.4. The van der Waals surface area contributed by atoms with Gasteiger partial charge in [0, 0.05) is 0 Å². The number of hydrogen-bond acceptors (Lipinski definition) is 4. The number of likely N-dealkylation sites (N-methyl/N-ethyl adjacent to an activating group) is 2. The molecule has 0 N–H and O–H groups in total. The summed E-state index contributed by atoms with van der Waals surface area (Å²) in [5.74, 6) is 4.46. The Bertz CT molecular complexity index is 887. The van der Waals surface area contributed by atoms with Gasteiger partial charge in [0.1, 0.15) is 26.3 Å². The van der Waals surface area contributed by atoms with E-state index in [-0.39, 0.29) is 0 Å². The monoisotopic (exact) mass is 737 g/mol. The van der Waals surface area contributed by atoms with Gasteiger partial charge in [0.05, 0.1) is 55.5 Å². The van der Waals surface area contributed by atoms with Crippen molar-refractivity contribution in [2.24, 2.45) is 40.9 Å². The molecule has 1 spiro atoms. The second-order valence-electron chi connectivity index (χ2n) is 20.1. The van der Waals surface area contributed by atoms with Gasteiger partial charge in [0.15, 0.2) is 0 Å². The van der Waals surface area contributed by atoms with Gasteiger partial charge in [-0.3, -0.25) is 0 Å². The maximum atomic E-state index is 6.31. The van der Waals surface area contributed by atoms with Crippen molar-refractivity contribution in [3.05, 3.63) is 0 Å². The van der Waals surface area contributed by atoms with Crippen molar-refractivity contribution in [2.75, 3.05) is 81.8 Å². The molecule has 0 heterocycles. The first-order valence-electron chi connectivity index (χ1n) is 23.1. The van der Waals surface area contributed by atoms with E-state index in [2.05, 4.69) is 56.1 Å². The summed E-state index contributed by atoms with van der Waals surface area (Å²) in [6.07, 6.45) is 34.7. The van der Waals surface area contributed by atoms with Crippen molar-refractivity contribution in [3.63, 3.8) is 0 Å². The molecule has 0 aromatic carbocycles. The fourth-order valence-electron chi connectivity index (χ4n) is 10.7. The summed E-state index contributed by atoms with van der Waals surface area (Å²) in [7, 11) is 13.4. The standard InChI is InChI=1S/C46H92N2O4/c1-9-11-13-19-25-40-30-32-46(31-24-18-17-22-28-43(46)39-52-50-36-34-48(6,7)8)45(44(40)29-23-14-12-10-2)37-41-26-20-15-16-21-27-42(41)38-51-49-35-33-47(3,4)5/h40-45H,9-39H2,1-8H3/q+2/t40?,41?,42?,43?,44?,45?,46-/m0/s1. The normalized spacial score (nSPS) is 29.8. The third kappa shape index (κ3) is 17.3. The van der Waals surface area contributed by atoms with E-state index < -0.39 is 0 Å². The first-order chi connectivity index (χ1) is 25.0. The van der Waals surface area contributed by atoms with Crippen LogP contribution in [0, 0.1) is 40.9 Å². The Morgan fingerprint density at radius 2 is 1.06 bits per heavy atom. The highest BCUT2D eigenvalue weighted by atomic mass is 17.2. The van der Waals surface area contributed by atoms with Crippen LogP contribution in [0.5, 0.6) is 0 Å². The molecule has 52 heavy (non-hydrogen) atoms. The third-order valence-electron chi connectivity index (χ3n) is 14.0. The fraction of sp³-hybridized carbons (Fsp3) is 1.00. The molecule has 0 aliphatic heterocycles. The van der Waals surface area contributed by atoms with Crippen molar-refractivity contribution in [1.82, 2.24) is 0 Å². The van der Waals surface area contributed by atoms with Gasteiger partial charge in [-0.05, 0) is 85.9 Å². The molecule has 0 bridgehead atoms. The zero-order valence-electron chi connectivity index (χ0n) is 36.4. The summed E-state index contributed by atoms with van der Waals surface area (Å²) in [5.41, 5.74) is 0.369. The van der Waals surface area contributed by atoms with Gasteiger partial charge in [-0.25, -0.2) is 19.6 Å². The van der Waals surface area contributed by atoms with E-state index >= 15 is 0 Å². The molecular weight excluding hydrogens is 645 g/mol. The largest absolute Gasteiger partial charge is 0.329 e. The molecule has 0 amide bonds. The summed E-state index contributed by atoms with van der Waals surface area (Å²) in [5, 5.41) is 0. The van der Waals surface area contributed by atoms with Gasteiger partial charge in [-0.2, -0.15) is 0 Å². The second-order valence-corrected chi connectivity index (χ2v) is 20.1. The molecule has 0 saturated heterocycles. The average molecular weight is 737 g/mol. The van der Waals surface area contributed by atoms with E-state index in [1.165, 1.54) is 161 Å². The summed E-state index contributed by atoms with van der Waals surface area (Å²) >= 11 is 0. The van der Waals surface area contributed by atoms with Gasteiger partial charge in [-0.1, -0.05) is 129 Å². The highest BCUT2D eigenvalue weighted by Crippen LogP contribution is 2.60. The predicted molar refractivity (Wildman–Crippen MR) is 220 cm³/mol. The topological polar surface area (TPSA) is 36.9 Å². The number of rotatable bonds is 24. The molecule has 3 rings (SSSR count). The molecule has 0 aromatic rings. The molecular formula is C46H92N2O4+2. The van der Waals surface area contributed by atoms with Crippen LogP contribution in [0.1, 0.15) is 174 Å². The van der Waals surface area contributed by atoms with Gasteiger partial charge in [0.2, 0.25) is 0 Å². The fourth-order valence-corrected chi connectivity index (χ4v) is 10.7. The van der Waals surface area contributed by atoms with Crippen LogP contribution in [0.3, 0.4) is 0 Å². The van der Waals surface area contributed by atoms with Crippen LogP contribution in [0.4, 0.5) is 0 Å². The quantitative estimate of drug-likeness (QED) is 0.0428. The lowest BCUT2D eigenvalue weighted by Gasteiger charge is -2.57. The summed E-state index contributed by atoms with van der Waals surface area (Å²) in [4.78, 5) is 24.4. The average Bonchev–Trinajstić information content (AvgIpc) is 3.06. The zero-order chi connectivity index (χ0) is 37.7. The van der Waals surface area contributed by atoms with Crippen LogP contribution in [0.15, 0.2) is 0 Å². The number of quaternary nitrogens is 2. The van der Waals surface area contributed by atoms with Crippen LogP contribution in [0.2, 0.25) is 0 Å². The Morgan fingerprint density at radius 1 is 0.500 bits per heavy atom. The maximum Gasteiger partial charge on any atom is 0.131 e. The maximum absolute atomic E-state index is 6.31. The van der Waals surface area contributed by atoms with Crippen LogP contribution >= 0.6 is 0 Å². The van der Waals surface area contributed by atoms with Crippen molar-refractivity contribution in [2.45, 2.75) is 174 Å². The molecule has 3 fully saturated rings. The van der Waals surface area contributed by atoms with Crippen LogP contribution < -0.4 is 0 Å². The molecule has 308 valence electrons. The molecule has 0 radical (unpaired) electrons. The van der Waals surface area contributed by atoms with Gasteiger partial charge in [0.25, 0.3) is 0 Å². The minimum absolute atomic E-state index is 0.369. The van der Waals surface area contributed by atoms with Crippen molar-refractivity contribution >= 4 is 0 Å². The summed E-state index contributed by atoms with van der Waals surface area (Å²) in [6, 6.07) is 0. The number of nitrogens with zero attached hydrogens (tertiary/aromatic N) is 2. The second kappa shape index (κ2) is 25.1. The first-order valence-corrected chi connectivity index (χ1v) is 23.1. The summed E-state index contributed by atoms with van der Waals surface area (Å²) in [6.45, 7) is 9.59. The molecule has 3 aliphatic carbocycles. The van der Waals surface area contributed by atoms with Crippen LogP contribution in [-0.4, -0.2) is 90.8 Å². The lowest BCUT2D eigenvalue weighted by atomic mass is 9.48. The SMILES string of the molecule is CCCCCCC1CC[C@]2(CCCCCCC2COOCC[N+](C)(C)C)C(CC2CCCCCCC2COOCC[N+](C)(C)C)C1CCCCCC. The molecule has 6 nitrogen and oxygen atoms in total. The third-order valence-corrected chi connectivity index (χ3v) is 14.0.